The minimum Gasteiger partial charge on any atom is -0.323 e. The molecule has 0 atom stereocenters. The summed E-state index contributed by atoms with van der Waals surface area (Å²) < 4.78 is 3.71. The zero-order chi connectivity index (χ0) is 19.5. The SMILES string of the molecule is Cc1cccc(Cn2cc(NC(=O)CCn3ncc4ccc(C)cc43)cn2)c1. The van der Waals surface area contributed by atoms with Crippen LogP contribution in [0, 0.1) is 13.8 Å². The van der Waals surface area contributed by atoms with Gasteiger partial charge in [0.05, 0.1) is 36.7 Å². The molecule has 142 valence electrons. The van der Waals surface area contributed by atoms with Gasteiger partial charge in [-0.2, -0.15) is 10.2 Å². The van der Waals surface area contributed by atoms with E-state index in [1.807, 2.05) is 27.8 Å². The summed E-state index contributed by atoms with van der Waals surface area (Å²) in [6.07, 6.45) is 5.73. The molecule has 0 unspecified atom stereocenters. The third kappa shape index (κ3) is 4.11. The zero-order valence-electron chi connectivity index (χ0n) is 16.1. The molecule has 6 heteroatoms. The summed E-state index contributed by atoms with van der Waals surface area (Å²) in [7, 11) is 0. The first-order chi connectivity index (χ1) is 13.6. The van der Waals surface area contributed by atoms with Crippen molar-refractivity contribution in [1.82, 2.24) is 19.6 Å². The lowest BCUT2D eigenvalue weighted by Crippen LogP contribution is -2.14. The smallest absolute Gasteiger partial charge is 0.226 e. The number of hydrogen-bond donors (Lipinski definition) is 1. The fraction of sp³-hybridized carbons (Fsp3) is 0.227. The number of fused-ring (bicyclic) bond motifs is 1. The molecule has 0 aliphatic heterocycles. The van der Waals surface area contributed by atoms with E-state index in [1.165, 1.54) is 16.7 Å². The van der Waals surface area contributed by atoms with Crippen LogP contribution in [0.5, 0.6) is 0 Å². The maximum Gasteiger partial charge on any atom is 0.226 e. The Morgan fingerprint density at radius 2 is 1.89 bits per heavy atom. The molecule has 0 spiro atoms. The number of benzene rings is 2. The normalized spacial score (nSPS) is 11.1. The molecule has 4 aromatic rings. The second kappa shape index (κ2) is 7.68. The molecule has 1 N–H and O–H groups in total. The van der Waals surface area contributed by atoms with Crippen LogP contribution in [0.3, 0.4) is 0 Å². The van der Waals surface area contributed by atoms with Crippen LogP contribution in [0.15, 0.2) is 61.1 Å². The highest BCUT2D eigenvalue weighted by Gasteiger charge is 2.08. The molecule has 2 aromatic heterocycles. The van der Waals surface area contributed by atoms with E-state index < -0.39 is 0 Å². The highest BCUT2D eigenvalue weighted by molar-refractivity contribution is 5.90. The van der Waals surface area contributed by atoms with E-state index in [4.69, 9.17) is 0 Å². The van der Waals surface area contributed by atoms with Gasteiger partial charge in [0.25, 0.3) is 0 Å². The number of hydrogen-bond acceptors (Lipinski definition) is 3. The topological polar surface area (TPSA) is 64.7 Å². The average Bonchev–Trinajstić information content (AvgIpc) is 3.26. The molecule has 0 aliphatic rings. The van der Waals surface area contributed by atoms with Crippen LogP contribution >= 0.6 is 0 Å². The van der Waals surface area contributed by atoms with Crippen molar-refractivity contribution < 1.29 is 4.79 Å². The lowest BCUT2D eigenvalue weighted by atomic mass is 10.1. The molecular weight excluding hydrogens is 350 g/mol. The Labute approximate surface area is 163 Å². The molecule has 0 saturated heterocycles. The average molecular weight is 373 g/mol. The summed E-state index contributed by atoms with van der Waals surface area (Å²) in [5, 5.41) is 12.7. The van der Waals surface area contributed by atoms with Gasteiger partial charge in [-0.25, -0.2) is 0 Å². The van der Waals surface area contributed by atoms with Crippen LogP contribution in [0.2, 0.25) is 0 Å². The predicted molar refractivity (Wildman–Crippen MR) is 110 cm³/mol. The van der Waals surface area contributed by atoms with Gasteiger partial charge in [-0.1, -0.05) is 42.0 Å². The molecule has 28 heavy (non-hydrogen) atoms. The number of nitrogens with one attached hydrogen (secondary N) is 1. The summed E-state index contributed by atoms with van der Waals surface area (Å²) in [5.74, 6) is -0.0496. The van der Waals surface area contributed by atoms with Crippen molar-refractivity contribution >= 4 is 22.5 Å². The van der Waals surface area contributed by atoms with Gasteiger partial charge in [0.15, 0.2) is 0 Å². The first-order valence-corrected chi connectivity index (χ1v) is 9.37. The number of amides is 1. The summed E-state index contributed by atoms with van der Waals surface area (Å²) in [4.78, 5) is 12.3. The number of rotatable bonds is 6. The van der Waals surface area contributed by atoms with Gasteiger partial charge in [-0.05, 0) is 31.0 Å². The zero-order valence-corrected chi connectivity index (χ0v) is 16.1. The Hall–Kier alpha value is -3.41. The van der Waals surface area contributed by atoms with Gasteiger partial charge in [0.1, 0.15) is 0 Å². The third-order valence-electron chi connectivity index (χ3n) is 4.69. The summed E-state index contributed by atoms with van der Waals surface area (Å²) >= 11 is 0. The van der Waals surface area contributed by atoms with Crippen LogP contribution in [-0.2, 0) is 17.9 Å². The van der Waals surface area contributed by atoms with Gasteiger partial charge >= 0.3 is 0 Å². The van der Waals surface area contributed by atoms with Crippen molar-refractivity contribution in [2.75, 3.05) is 5.32 Å². The number of aromatic nitrogens is 4. The van der Waals surface area contributed by atoms with Gasteiger partial charge in [-0.15, -0.1) is 0 Å². The second-order valence-corrected chi connectivity index (χ2v) is 7.14. The molecule has 0 aliphatic carbocycles. The Kier molecular flexibility index (Phi) is 4.93. The Morgan fingerprint density at radius 3 is 2.75 bits per heavy atom. The summed E-state index contributed by atoms with van der Waals surface area (Å²) in [6, 6.07) is 14.5. The van der Waals surface area contributed by atoms with E-state index in [0.29, 0.717) is 25.2 Å². The lowest BCUT2D eigenvalue weighted by molar-refractivity contribution is -0.116. The molecular formula is C22H23N5O. The molecule has 0 fully saturated rings. The van der Waals surface area contributed by atoms with E-state index in [1.54, 1.807) is 6.20 Å². The predicted octanol–water partition coefficient (Wildman–Crippen LogP) is 3.93. The standard InChI is InChI=1S/C22H23N5O/c1-16-4-3-5-18(10-16)14-26-15-20(13-23-26)25-22(28)8-9-27-21-11-17(2)6-7-19(21)12-24-27/h3-7,10-13,15H,8-9,14H2,1-2H3,(H,25,28). The monoisotopic (exact) mass is 373 g/mol. The highest BCUT2D eigenvalue weighted by Crippen LogP contribution is 2.16. The van der Waals surface area contributed by atoms with Crippen molar-refractivity contribution in [2.45, 2.75) is 33.4 Å². The molecule has 0 bridgehead atoms. The minimum absolute atomic E-state index is 0.0496. The van der Waals surface area contributed by atoms with Gasteiger partial charge in [0.2, 0.25) is 5.91 Å². The Morgan fingerprint density at radius 1 is 1.04 bits per heavy atom. The van der Waals surface area contributed by atoms with Crippen LogP contribution in [0.4, 0.5) is 5.69 Å². The third-order valence-corrected chi connectivity index (χ3v) is 4.69. The second-order valence-electron chi connectivity index (χ2n) is 7.14. The van der Waals surface area contributed by atoms with Gasteiger partial charge in [0, 0.05) is 18.0 Å². The molecule has 4 rings (SSSR count). The molecule has 2 aromatic carbocycles. The van der Waals surface area contributed by atoms with Crippen molar-refractivity contribution in [3.8, 4) is 0 Å². The number of carbonyl (C=O) groups excluding carboxylic acids is 1. The largest absolute Gasteiger partial charge is 0.323 e. The van der Waals surface area contributed by atoms with E-state index in [-0.39, 0.29) is 5.91 Å². The van der Waals surface area contributed by atoms with Crippen LogP contribution in [0.25, 0.3) is 10.9 Å². The Balaban J connectivity index is 1.35. The van der Waals surface area contributed by atoms with Crippen molar-refractivity contribution in [3.05, 3.63) is 77.7 Å². The van der Waals surface area contributed by atoms with E-state index in [9.17, 15) is 4.79 Å². The fourth-order valence-corrected chi connectivity index (χ4v) is 3.30. The van der Waals surface area contributed by atoms with Crippen molar-refractivity contribution in [2.24, 2.45) is 0 Å². The summed E-state index contributed by atoms with van der Waals surface area (Å²) in [5.41, 5.74) is 5.35. The first kappa shape index (κ1) is 18.0. The molecule has 2 heterocycles. The van der Waals surface area contributed by atoms with E-state index in [2.05, 4.69) is 65.8 Å². The first-order valence-electron chi connectivity index (χ1n) is 9.37. The van der Waals surface area contributed by atoms with Crippen LogP contribution in [-0.4, -0.2) is 25.5 Å². The van der Waals surface area contributed by atoms with E-state index in [0.717, 1.165) is 10.9 Å². The van der Waals surface area contributed by atoms with Gasteiger partial charge in [-0.3, -0.25) is 14.2 Å². The highest BCUT2D eigenvalue weighted by atomic mass is 16.1. The van der Waals surface area contributed by atoms with Crippen LogP contribution < -0.4 is 5.32 Å². The molecule has 0 saturated carbocycles. The Bertz CT molecular complexity index is 1120. The number of aryl methyl sites for hydroxylation is 3. The van der Waals surface area contributed by atoms with Gasteiger partial charge < -0.3 is 5.32 Å². The van der Waals surface area contributed by atoms with Crippen molar-refractivity contribution in [1.29, 1.82) is 0 Å². The molecule has 1 amide bonds. The van der Waals surface area contributed by atoms with E-state index >= 15 is 0 Å². The number of carbonyl (C=O) groups is 1. The minimum atomic E-state index is -0.0496. The molecule has 0 radical (unpaired) electrons. The summed E-state index contributed by atoms with van der Waals surface area (Å²) in [6.45, 7) is 5.34. The number of nitrogens with zero attached hydrogens (tertiary/aromatic N) is 4. The maximum absolute atomic E-state index is 12.3. The maximum atomic E-state index is 12.3. The van der Waals surface area contributed by atoms with Crippen molar-refractivity contribution in [3.63, 3.8) is 0 Å². The fourth-order valence-electron chi connectivity index (χ4n) is 3.30. The molecule has 6 nitrogen and oxygen atoms in total. The quantitative estimate of drug-likeness (QED) is 0.557. The van der Waals surface area contributed by atoms with Crippen LogP contribution in [0.1, 0.15) is 23.1 Å². The lowest BCUT2D eigenvalue weighted by Gasteiger charge is -2.05. The number of anilines is 1.